The van der Waals surface area contributed by atoms with E-state index in [1.54, 1.807) is 0 Å². The quantitative estimate of drug-likeness (QED) is 0.0675. The minimum absolute atomic E-state index is 0.446. The molecule has 0 fully saturated rings. The van der Waals surface area contributed by atoms with Crippen LogP contribution in [0.1, 0.15) is 5.56 Å². The number of alkyl halides is 3. The Morgan fingerprint density at radius 3 is 0.720 bits per heavy atom. The number of benzene rings is 7. The van der Waals surface area contributed by atoms with E-state index in [9.17, 15) is 13.2 Å². The molecule has 7 aromatic carbocycles. The molecule has 0 saturated carbocycles. The Bertz CT molecular complexity index is 1580. The molecule has 7 rings (SSSR count). The molecule has 7 aromatic rings. The Kier molecular flexibility index (Phi) is 17.1. The molecular formula is C43H34F3IP2Pd. The van der Waals surface area contributed by atoms with Crippen molar-refractivity contribution in [2.45, 2.75) is 6.18 Å². The first-order valence-electron chi connectivity index (χ1n) is 15.6. The van der Waals surface area contributed by atoms with Gasteiger partial charge < -0.3 is 0 Å². The number of hydrogen-bond donors (Lipinski definition) is 0. The molecule has 0 bridgehead atoms. The van der Waals surface area contributed by atoms with Gasteiger partial charge in [0.15, 0.2) is 0 Å². The molecule has 0 unspecified atom stereocenters. The van der Waals surface area contributed by atoms with Crippen molar-refractivity contribution >= 4 is 67.2 Å². The van der Waals surface area contributed by atoms with E-state index in [1.165, 1.54) is 44.0 Å². The van der Waals surface area contributed by atoms with Crippen molar-refractivity contribution in [2.24, 2.45) is 0 Å². The average Bonchev–Trinajstić information content (AvgIpc) is 3.19. The first-order valence-corrected chi connectivity index (χ1v) is 22.9. The molecule has 0 nitrogen and oxygen atoms in total. The number of hydrogen-bond acceptors (Lipinski definition) is 0. The van der Waals surface area contributed by atoms with Gasteiger partial charge in [0.05, 0.1) is 0 Å². The summed E-state index contributed by atoms with van der Waals surface area (Å²) in [5.74, 6) is 0. The summed E-state index contributed by atoms with van der Waals surface area (Å²) in [5, 5.41) is 8.39. The van der Waals surface area contributed by atoms with Gasteiger partial charge in [0.2, 0.25) is 0 Å². The zero-order chi connectivity index (χ0) is 35.4. The van der Waals surface area contributed by atoms with E-state index in [2.05, 4.69) is 204 Å². The molecule has 0 saturated heterocycles. The molecule has 50 heavy (non-hydrogen) atoms. The third-order valence-corrected chi connectivity index (χ3v) is 12.0. The Labute approximate surface area is 317 Å². The molecule has 0 amide bonds. The first kappa shape index (κ1) is 39.4. The van der Waals surface area contributed by atoms with E-state index in [1.807, 2.05) is 19.5 Å². The van der Waals surface area contributed by atoms with Gasteiger partial charge in [-0.05, 0) is 47.7 Å². The smallest absolute Gasteiger partial charge is 0.0134 e. The Morgan fingerprint density at radius 1 is 0.360 bits per heavy atom. The minimum Gasteiger partial charge on any atom is -0.0622 e. The largest absolute Gasteiger partial charge is 0.0622 e. The molecule has 0 heterocycles. The van der Waals surface area contributed by atoms with Crippen molar-refractivity contribution in [3.8, 4) is 0 Å². The van der Waals surface area contributed by atoms with Crippen LogP contribution >= 0.6 is 35.4 Å². The molecule has 0 aliphatic carbocycles. The summed E-state index contributed by atoms with van der Waals surface area (Å²) < 4.78 is 35.3. The van der Waals surface area contributed by atoms with Gasteiger partial charge in [-0.2, -0.15) is 43.5 Å². The monoisotopic (exact) mass is 902 g/mol. The van der Waals surface area contributed by atoms with Crippen LogP contribution in [-0.2, 0) is 21.8 Å². The summed E-state index contributed by atoms with van der Waals surface area (Å²) >= 11 is 4.72. The van der Waals surface area contributed by atoms with Crippen molar-refractivity contribution in [1.29, 1.82) is 0 Å². The Morgan fingerprint density at radius 2 is 0.560 bits per heavy atom. The van der Waals surface area contributed by atoms with Gasteiger partial charge in [0.1, 0.15) is 0 Å². The molecule has 0 atom stereocenters. The van der Waals surface area contributed by atoms with Crippen LogP contribution in [0.2, 0.25) is 0 Å². The summed E-state index contributed by atoms with van der Waals surface area (Å²) in [6.07, 6.45) is -4.23. The van der Waals surface area contributed by atoms with E-state index >= 15 is 0 Å². The van der Waals surface area contributed by atoms with Gasteiger partial charge in [-0.15, -0.1) is 0 Å². The predicted octanol–water partition coefficient (Wildman–Crippen LogP) is 10.3. The molecule has 0 aliphatic heterocycles. The summed E-state index contributed by atoms with van der Waals surface area (Å²) in [6, 6.07) is 71.6. The maximum absolute atomic E-state index is 11.8. The van der Waals surface area contributed by atoms with Crippen LogP contribution in [-0.4, -0.2) is 0 Å². The Hall–Kier alpha value is -3.42. The van der Waals surface area contributed by atoms with Gasteiger partial charge in [0, 0.05) is 0 Å². The molecule has 0 aromatic heterocycles. The summed E-state index contributed by atoms with van der Waals surface area (Å²) in [4.78, 5) is 0. The topological polar surface area (TPSA) is 0 Å². The Balaban J connectivity index is 0.000000172. The molecule has 0 N–H and O–H groups in total. The maximum atomic E-state index is 11.8. The van der Waals surface area contributed by atoms with Crippen molar-refractivity contribution < 1.29 is 28.8 Å². The molecular weight excluding hydrogens is 869 g/mol. The van der Waals surface area contributed by atoms with E-state index < -0.39 is 27.6 Å². The van der Waals surface area contributed by atoms with Crippen LogP contribution in [0.25, 0.3) is 0 Å². The fourth-order valence-electron chi connectivity index (χ4n) is 4.93. The zero-order valence-corrected chi connectivity index (χ0v) is 32.4. The molecule has 0 radical (unpaired) electrons. The third kappa shape index (κ3) is 12.4. The van der Waals surface area contributed by atoms with Crippen LogP contribution in [0.4, 0.5) is 13.2 Å². The second-order valence-electron chi connectivity index (χ2n) is 10.5. The number of halogens is 4. The maximum Gasteiger partial charge on any atom is -0.0134 e. The minimum atomic E-state index is -4.23. The predicted molar refractivity (Wildman–Crippen MR) is 215 cm³/mol. The van der Waals surface area contributed by atoms with Crippen LogP contribution < -0.4 is 31.8 Å². The molecule has 0 aliphatic rings. The van der Waals surface area contributed by atoms with Gasteiger partial charge in [0.25, 0.3) is 0 Å². The van der Waals surface area contributed by atoms with Crippen LogP contribution in [0.3, 0.4) is 0 Å². The second kappa shape index (κ2) is 21.7. The van der Waals surface area contributed by atoms with E-state index in [0.29, 0.717) is 0 Å². The summed E-state index contributed by atoms with van der Waals surface area (Å²) in [5.41, 5.74) is -0.633. The molecule has 7 heteroatoms. The zero-order valence-electron chi connectivity index (χ0n) is 26.9. The molecule has 254 valence electrons. The second-order valence-corrected chi connectivity index (χ2v) is 14.9. The summed E-state index contributed by atoms with van der Waals surface area (Å²) in [6.45, 7) is 0. The van der Waals surface area contributed by atoms with Crippen LogP contribution in [0.15, 0.2) is 206 Å². The van der Waals surface area contributed by atoms with Gasteiger partial charge in [-0.25, -0.2) is 0 Å². The van der Waals surface area contributed by atoms with Crippen LogP contribution in [0.5, 0.6) is 0 Å². The van der Waals surface area contributed by atoms with Crippen molar-refractivity contribution in [1.82, 2.24) is 0 Å². The van der Waals surface area contributed by atoms with Crippen molar-refractivity contribution in [3.05, 3.63) is 218 Å². The van der Waals surface area contributed by atoms with Gasteiger partial charge >= 0.3 is 41.3 Å². The van der Waals surface area contributed by atoms with Crippen LogP contribution in [0, 0.1) is 6.07 Å². The summed E-state index contributed by atoms with van der Waals surface area (Å²) in [7, 11) is -0.892. The standard InChI is InChI=1S/2C18H15P.C7H4F3.HI.Pd/c2*1-4-10-16(11-5-1)19(17-12-6-2-7-13-17)18-14-8-3-9-15-18;8-7(9,10)6-4-2-1-3-5-6;;/h2*1-15H;2-5H;1H;/q;;-1;;+2/p-1. The SMILES string of the molecule is FC(F)(F)c1cc[c-]cc1.[Pd+][I].c1ccc(P(c2ccccc2)c2ccccc2)cc1.c1ccc(P(c2ccccc2)c2ccccc2)cc1. The third-order valence-electron chi connectivity index (χ3n) is 7.13. The fraction of sp³-hybridized carbons (Fsp3) is 0.0233. The fourth-order valence-corrected chi connectivity index (χ4v) is 9.54. The van der Waals surface area contributed by atoms with E-state index in [-0.39, 0.29) is 0 Å². The van der Waals surface area contributed by atoms with E-state index in [4.69, 9.17) is 0 Å². The van der Waals surface area contributed by atoms with E-state index in [0.717, 1.165) is 12.1 Å². The first-order chi connectivity index (χ1) is 24.5. The average molecular weight is 903 g/mol. The van der Waals surface area contributed by atoms with Crippen molar-refractivity contribution in [3.63, 3.8) is 0 Å². The molecule has 0 spiro atoms. The van der Waals surface area contributed by atoms with Gasteiger partial charge in [-0.3, -0.25) is 0 Å². The normalized spacial score (nSPS) is 10.5. The van der Waals surface area contributed by atoms with Gasteiger partial charge in [-0.1, -0.05) is 188 Å². The number of rotatable bonds is 6. The van der Waals surface area contributed by atoms with Crippen molar-refractivity contribution in [2.75, 3.05) is 0 Å².